The van der Waals surface area contributed by atoms with Gasteiger partial charge in [-0.1, -0.05) is 19.1 Å². The molecular formula is C24H34N6O2. The van der Waals surface area contributed by atoms with Crippen LogP contribution < -0.4 is 20.4 Å². The number of carbonyl (C=O) groups is 1. The van der Waals surface area contributed by atoms with E-state index in [1.165, 1.54) is 12.8 Å². The van der Waals surface area contributed by atoms with Crippen LogP contribution >= 0.6 is 0 Å². The molecule has 4 rings (SSSR count). The Balaban J connectivity index is 1.19. The Labute approximate surface area is 190 Å². The third-order valence-corrected chi connectivity index (χ3v) is 6.20. The van der Waals surface area contributed by atoms with Crippen molar-refractivity contribution >= 4 is 17.7 Å². The Morgan fingerprint density at radius 3 is 2.06 bits per heavy atom. The fourth-order valence-corrected chi connectivity index (χ4v) is 4.11. The minimum Gasteiger partial charge on any atom is -0.375 e. The van der Waals surface area contributed by atoms with Crippen molar-refractivity contribution in [2.45, 2.75) is 45.9 Å². The van der Waals surface area contributed by atoms with Gasteiger partial charge in [0.1, 0.15) is 11.6 Å². The lowest BCUT2D eigenvalue weighted by molar-refractivity contribution is 0.0529. The minimum absolute atomic E-state index is 0.204. The first-order chi connectivity index (χ1) is 15.6. The first-order valence-electron chi connectivity index (χ1n) is 11.6. The molecule has 0 spiro atoms. The Morgan fingerprint density at radius 1 is 0.938 bits per heavy atom. The fraction of sp³-hybridized carbons (Fsp3) is 0.542. The fourth-order valence-electron chi connectivity index (χ4n) is 4.11. The van der Waals surface area contributed by atoms with Gasteiger partial charge in [0, 0.05) is 51.7 Å². The third-order valence-electron chi connectivity index (χ3n) is 6.20. The summed E-state index contributed by atoms with van der Waals surface area (Å²) >= 11 is 0. The van der Waals surface area contributed by atoms with Gasteiger partial charge >= 0.3 is 6.03 Å². The number of nitrogens with zero attached hydrogens (tertiary/aromatic N) is 4. The largest absolute Gasteiger partial charge is 0.375 e. The molecule has 8 heteroatoms. The van der Waals surface area contributed by atoms with Gasteiger partial charge in [-0.3, -0.25) is 0 Å². The van der Waals surface area contributed by atoms with Crippen molar-refractivity contribution in [2.75, 3.05) is 42.6 Å². The highest BCUT2D eigenvalue weighted by molar-refractivity contribution is 5.73. The number of carbonyl (C=O) groups excluding carboxylic acids is 1. The molecule has 8 nitrogen and oxygen atoms in total. The average molecular weight is 439 g/mol. The molecule has 0 radical (unpaired) electrons. The van der Waals surface area contributed by atoms with Crippen molar-refractivity contribution in [1.82, 2.24) is 20.6 Å². The molecule has 0 aromatic carbocycles. The number of ether oxygens (including phenoxy) is 1. The van der Waals surface area contributed by atoms with Crippen LogP contribution in [0.15, 0.2) is 36.7 Å². The summed E-state index contributed by atoms with van der Waals surface area (Å²) in [5, 5.41) is 5.79. The zero-order valence-electron chi connectivity index (χ0n) is 19.1. The maximum absolute atomic E-state index is 12.2. The van der Waals surface area contributed by atoms with Crippen LogP contribution in [0, 0.1) is 5.92 Å². The van der Waals surface area contributed by atoms with Crippen LogP contribution in [0.1, 0.15) is 37.8 Å². The third kappa shape index (κ3) is 6.09. The highest BCUT2D eigenvalue weighted by atomic mass is 16.5. The monoisotopic (exact) mass is 438 g/mol. The molecule has 0 aliphatic carbocycles. The molecule has 0 bridgehead atoms. The van der Waals surface area contributed by atoms with Crippen molar-refractivity contribution in [2.24, 2.45) is 5.92 Å². The van der Waals surface area contributed by atoms with E-state index in [2.05, 4.69) is 44.2 Å². The summed E-state index contributed by atoms with van der Waals surface area (Å²) in [5.41, 5.74) is 1.95. The number of rotatable bonds is 6. The molecule has 2 saturated heterocycles. The van der Waals surface area contributed by atoms with Gasteiger partial charge < -0.3 is 25.2 Å². The quantitative estimate of drug-likeness (QED) is 0.722. The molecule has 2 fully saturated rings. The van der Waals surface area contributed by atoms with E-state index in [-0.39, 0.29) is 12.1 Å². The van der Waals surface area contributed by atoms with Crippen molar-refractivity contribution in [3.8, 4) is 0 Å². The van der Waals surface area contributed by atoms with E-state index < -0.39 is 0 Å². The lowest BCUT2D eigenvalue weighted by Crippen LogP contribution is -2.41. The van der Waals surface area contributed by atoms with Gasteiger partial charge in [0.15, 0.2) is 0 Å². The summed E-state index contributed by atoms with van der Waals surface area (Å²) in [6.45, 7) is 9.81. The smallest absolute Gasteiger partial charge is 0.315 e. The zero-order chi connectivity index (χ0) is 22.3. The first kappa shape index (κ1) is 22.3. The van der Waals surface area contributed by atoms with Crippen molar-refractivity contribution < 1.29 is 9.53 Å². The molecule has 2 amide bonds. The summed E-state index contributed by atoms with van der Waals surface area (Å²) in [4.78, 5) is 25.9. The molecule has 2 N–H and O–H groups in total. The number of hydrogen-bond acceptors (Lipinski definition) is 6. The Hall–Kier alpha value is -2.87. The van der Waals surface area contributed by atoms with E-state index in [0.29, 0.717) is 13.1 Å². The lowest BCUT2D eigenvalue weighted by atomic mass is 9.99. The molecule has 2 aliphatic heterocycles. The summed E-state index contributed by atoms with van der Waals surface area (Å²) in [6, 6.07) is 7.89. The molecule has 2 aromatic heterocycles. The number of nitrogens with one attached hydrogen (secondary N) is 2. The normalized spacial score (nSPS) is 19.6. The molecule has 1 unspecified atom stereocenters. The van der Waals surface area contributed by atoms with Crippen molar-refractivity contribution in [3.05, 3.63) is 47.8 Å². The van der Waals surface area contributed by atoms with E-state index in [1.54, 1.807) is 0 Å². The maximum Gasteiger partial charge on any atom is 0.315 e. The second-order valence-electron chi connectivity index (χ2n) is 8.88. The molecular weight excluding hydrogens is 404 g/mol. The van der Waals surface area contributed by atoms with Crippen LogP contribution in [-0.4, -0.2) is 54.9 Å². The topological polar surface area (TPSA) is 82.6 Å². The van der Waals surface area contributed by atoms with Crippen LogP contribution in [0.25, 0.3) is 0 Å². The maximum atomic E-state index is 12.2. The molecule has 2 aliphatic rings. The van der Waals surface area contributed by atoms with E-state index in [9.17, 15) is 4.79 Å². The van der Waals surface area contributed by atoms with E-state index in [4.69, 9.17) is 4.74 Å². The number of anilines is 2. The number of pyridine rings is 2. The first-order valence-corrected chi connectivity index (χ1v) is 11.6. The predicted molar refractivity (Wildman–Crippen MR) is 126 cm³/mol. The van der Waals surface area contributed by atoms with Gasteiger partial charge in [0.05, 0.1) is 12.7 Å². The van der Waals surface area contributed by atoms with Crippen LogP contribution in [-0.2, 0) is 17.8 Å². The van der Waals surface area contributed by atoms with Gasteiger partial charge in [-0.15, -0.1) is 0 Å². The second kappa shape index (κ2) is 10.6. The number of amides is 2. The molecule has 172 valence electrons. The Bertz CT molecular complexity index is 865. The second-order valence-corrected chi connectivity index (χ2v) is 8.88. The molecule has 0 saturated carbocycles. The van der Waals surface area contributed by atoms with E-state index in [0.717, 1.165) is 61.5 Å². The molecule has 4 heterocycles. The van der Waals surface area contributed by atoms with E-state index >= 15 is 0 Å². The number of morpholine rings is 1. The predicted octanol–water partition coefficient (Wildman–Crippen LogP) is 2.94. The Kier molecular flexibility index (Phi) is 7.42. The van der Waals surface area contributed by atoms with Crippen LogP contribution in [0.3, 0.4) is 0 Å². The van der Waals surface area contributed by atoms with Gasteiger partial charge in [-0.25, -0.2) is 14.8 Å². The van der Waals surface area contributed by atoms with Crippen LogP contribution in [0.4, 0.5) is 16.4 Å². The molecule has 2 aromatic rings. The van der Waals surface area contributed by atoms with E-state index in [1.807, 2.05) is 36.7 Å². The summed E-state index contributed by atoms with van der Waals surface area (Å²) in [7, 11) is 0. The minimum atomic E-state index is -0.204. The van der Waals surface area contributed by atoms with Crippen molar-refractivity contribution in [3.63, 3.8) is 0 Å². The average Bonchev–Trinajstić information content (AvgIpc) is 2.83. The number of hydrogen-bond donors (Lipinski definition) is 2. The Morgan fingerprint density at radius 2 is 1.53 bits per heavy atom. The van der Waals surface area contributed by atoms with Crippen LogP contribution in [0.2, 0.25) is 0 Å². The summed E-state index contributed by atoms with van der Waals surface area (Å²) in [5.74, 6) is 2.77. The van der Waals surface area contributed by atoms with Crippen LogP contribution in [0.5, 0.6) is 0 Å². The lowest BCUT2D eigenvalue weighted by Gasteiger charge is -2.32. The van der Waals surface area contributed by atoms with Gasteiger partial charge in [0.2, 0.25) is 0 Å². The highest BCUT2D eigenvalue weighted by Gasteiger charge is 2.18. The number of aromatic nitrogens is 2. The number of urea groups is 1. The van der Waals surface area contributed by atoms with Crippen molar-refractivity contribution in [1.29, 1.82) is 0 Å². The molecule has 1 atom stereocenters. The van der Waals surface area contributed by atoms with Gasteiger partial charge in [-0.05, 0) is 48.9 Å². The van der Waals surface area contributed by atoms with Gasteiger partial charge in [0.25, 0.3) is 0 Å². The summed E-state index contributed by atoms with van der Waals surface area (Å²) in [6.07, 6.45) is 6.32. The SMILES string of the molecule is CC1CCN(c2ccc(CNC(=O)NCc3ccc(N4CCOC(C)C4)nc3)cn2)CC1. The zero-order valence-corrected chi connectivity index (χ0v) is 19.1. The summed E-state index contributed by atoms with van der Waals surface area (Å²) < 4.78 is 5.58. The number of piperidine rings is 1. The van der Waals surface area contributed by atoms with Gasteiger partial charge in [-0.2, -0.15) is 0 Å². The molecule has 32 heavy (non-hydrogen) atoms. The standard InChI is InChI=1S/C24H34N6O2/c1-18-7-9-29(10-8-18)22-5-3-20(13-25-22)15-27-24(31)28-16-21-4-6-23(26-14-21)30-11-12-32-19(2)17-30/h3-6,13-14,18-19H,7-12,15-17H2,1-2H3,(H2,27,28,31). The highest BCUT2D eigenvalue weighted by Crippen LogP contribution is 2.21.